The first-order chi connectivity index (χ1) is 17.1. The summed E-state index contributed by atoms with van der Waals surface area (Å²) in [6, 6.07) is 9.32. The number of allylic oxidation sites excluding steroid dienone is 2. The summed E-state index contributed by atoms with van der Waals surface area (Å²) in [6.45, 7) is 14.2. The fraction of sp³-hybridized carbons (Fsp3) is 0.500. The van der Waals surface area contributed by atoms with Crippen molar-refractivity contribution >= 4 is 23.1 Å². The first kappa shape index (κ1) is 31.8. The number of carbonyl (C=O) groups is 1. The van der Waals surface area contributed by atoms with E-state index in [9.17, 15) is 23.1 Å². The van der Waals surface area contributed by atoms with E-state index < -0.39 is 11.7 Å². The van der Waals surface area contributed by atoms with E-state index in [2.05, 4.69) is 26.0 Å². The molecule has 2 aromatic carbocycles. The highest BCUT2D eigenvalue weighted by Gasteiger charge is 2.31. The highest BCUT2D eigenvalue weighted by Crippen LogP contribution is 2.38. The lowest BCUT2D eigenvalue weighted by atomic mass is 9.79. The van der Waals surface area contributed by atoms with Gasteiger partial charge < -0.3 is 5.11 Å². The molecule has 3 rings (SSSR count). The van der Waals surface area contributed by atoms with E-state index in [1.165, 1.54) is 23.9 Å². The second-order valence-corrected chi connectivity index (χ2v) is 9.51. The topological polar surface area (TPSA) is 37.3 Å². The minimum Gasteiger partial charge on any atom is -0.512 e. The van der Waals surface area contributed by atoms with Crippen molar-refractivity contribution in [2.45, 2.75) is 91.6 Å². The van der Waals surface area contributed by atoms with Crippen LogP contribution >= 0.6 is 11.8 Å². The van der Waals surface area contributed by atoms with Crippen LogP contribution in [-0.4, -0.2) is 16.6 Å². The van der Waals surface area contributed by atoms with Gasteiger partial charge in [0.15, 0.2) is 5.78 Å². The van der Waals surface area contributed by atoms with Crippen LogP contribution in [-0.2, 0) is 23.8 Å². The van der Waals surface area contributed by atoms with E-state index in [4.69, 9.17) is 0 Å². The van der Waals surface area contributed by atoms with Crippen molar-refractivity contribution in [3.63, 3.8) is 0 Å². The van der Waals surface area contributed by atoms with Crippen LogP contribution < -0.4 is 0 Å². The molecule has 1 unspecified atom stereocenters. The third kappa shape index (κ3) is 8.43. The summed E-state index contributed by atoms with van der Waals surface area (Å²) in [6.07, 6.45) is -1.20. The quantitative estimate of drug-likeness (QED) is 0.368. The maximum atomic E-state index is 13.1. The van der Waals surface area contributed by atoms with E-state index in [-0.39, 0.29) is 17.5 Å². The zero-order valence-corrected chi connectivity index (χ0v) is 23.5. The summed E-state index contributed by atoms with van der Waals surface area (Å²) < 4.78 is 38.1. The average molecular weight is 523 g/mol. The Hall–Kier alpha value is -2.21. The molecule has 1 N–H and O–H groups in total. The molecule has 0 aromatic heterocycles. The minimum atomic E-state index is -4.33. The number of rotatable bonds is 7. The fourth-order valence-electron chi connectivity index (χ4n) is 4.36. The molecular formula is C30H41F3O2S. The maximum absolute atomic E-state index is 13.1. The molecule has 0 amide bonds. The zero-order valence-electron chi connectivity index (χ0n) is 22.7. The van der Waals surface area contributed by atoms with Gasteiger partial charge in [-0.1, -0.05) is 59.2 Å². The van der Waals surface area contributed by atoms with Gasteiger partial charge in [-0.15, -0.1) is 11.8 Å². The average Bonchev–Trinajstić information content (AvgIpc) is 2.86. The van der Waals surface area contributed by atoms with Crippen LogP contribution in [0.1, 0.15) is 88.6 Å². The van der Waals surface area contributed by atoms with Crippen molar-refractivity contribution in [2.24, 2.45) is 5.92 Å². The summed E-state index contributed by atoms with van der Waals surface area (Å²) in [5.41, 5.74) is 4.06. The standard InChI is InChI=1S/C26H29F3O2S.2C2H6/c1-4-18-12-16(3)13-19(5-2)24(18)25-22(30)14-17(15-23(25)31)10-11-32-21-8-6-20(7-9-21)26(27,28)29;2*1-2/h6-9,12-13,17,30H,4-5,10-11,14-15H2,1-3H3;2*1-2H3. The van der Waals surface area contributed by atoms with Crippen molar-refractivity contribution in [3.8, 4) is 0 Å². The number of thioether (sulfide) groups is 1. The number of aliphatic hydroxyl groups excluding tert-OH is 1. The number of Topliss-reactive ketones (excluding diaryl/α,β-unsaturated/α-hetero) is 1. The molecule has 0 heterocycles. The Morgan fingerprint density at radius 3 is 1.92 bits per heavy atom. The summed E-state index contributed by atoms with van der Waals surface area (Å²) in [5, 5.41) is 10.8. The van der Waals surface area contributed by atoms with Crippen molar-refractivity contribution in [2.75, 3.05) is 5.75 Å². The molecule has 36 heavy (non-hydrogen) atoms. The predicted octanol–water partition coefficient (Wildman–Crippen LogP) is 9.62. The Bertz CT molecular complexity index is 983. The van der Waals surface area contributed by atoms with Gasteiger partial charge in [-0.2, -0.15) is 13.2 Å². The highest BCUT2D eigenvalue weighted by molar-refractivity contribution is 7.99. The van der Waals surface area contributed by atoms with E-state index in [1.54, 1.807) is 0 Å². The second kappa shape index (κ2) is 15.1. The van der Waals surface area contributed by atoms with Crippen molar-refractivity contribution in [1.29, 1.82) is 0 Å². The van der Waals surface area contributed by atoms with Crippen LogP contribution in [0.15, 0.2) is 47.1 Å². The first-order valence-electron chi connectivity index (χ1n) is 13.0. The Balaban J connectivity index is 0.00000154. The normalized spacial score (nSPS) is 15.6. The molecule has 0 aliphatic heterocycles. The number of benzene rings is 2. The molecule has 1 aliphatic rings. The number of aliphatic hydroxyl groups is 1. The molecule has 1 aliphatic carbocycles. The van der Waals surface area contributed by atoms with Crippen LogP contribution in [0.5, 0.6) is 0 Å². The first-order valence-corrected chi connectivity index (χ1v) is 14.0. The summed E-state index contributed by atoms with van der Waals surface area (Å²) in [5.74, 6) is 0.857. The molecular weight excluding hydrogens is 481 g/mol. The Morgan fingerprint density at radius 1 is 0.944 bits per heavy atom. The van der Waals surface area contributed by atoms with Gasteiger partial charge in [0.1, 0.15) is 5.76 Å². The van der Waals surface area contributed by atoms with Crippen LogP contribution in [0, 0.1) is 12.8 Å². The zero-order chi connectivity index (χ0) is 27.5. The van der Waals surface area contributed by atoms with Crippen LogP contribution in [0.2, 0.25) is 0 Å². The molecule has 200 valence electrons. The van der Waals surface area contributed by atoms with Crippen LogP contribution in [0.4, 0.5) is 13.2 Å². The summed E-state index contributed by atoms with van der Waals surface area (Å²) in [4.78, 5) is 13.8. The highest BCUT2D eigenvalue weighted by atomic mass is 32.2. The number of ketones is 1. The van der Waals surface area contributed by atoms with Crippen LogP contribution in [0.25, 0.3) is 5.57 Å². The van der Waals surface area contributed by atoms with E-state index >= 15 is 0 Å². The monoisotopic (exact) mass is 522 g/mol. The molecule has 0 saturated carbocycles. The van der Waals surface area contributed by atoms with Gasteiger partial charge in [-0.3, -0.25) is 4.79 Å². The molecule has 2 nitrogen and oxygen atoms in total. The lowest BCUT2D eigenvalue weighted by molar-refractivity contribution is -0.137. The van der Waals surface area contributed by atoms with Gasteiger partial charge in [-0.05, 0) is 78.8 Å². The lowest BCUT2D eigenvalue weighted by Gasteiger charge is -2.26. The molecule has 0 fully saturated rings. The summed E-state index contributed by atoms with van der Waals surface area (Å²) >= 11 is 1.47. The van der Waals surface area contributed by atoms with Gasteiger partial charge in [0.2, 0.25) is 0 Å². The van der Waals surface area contributed by atoms with Gasteiger partial charge in [0, 0.05) is 17.7 Å². The third-order valence-corrected chi connectivity index (χ3v) is 7.00. The van der Waals surface area contributed by atoms with E-state index in [0.29, 0.717) is 30.6 Å². The van der Waals surface area contributed by atoms with E-state index in [0.717, 1.165) is 52.1 Å². The molecule has 0 saturated heterocycles. The maximum Gasteiger partial charge on any atom is 0.416 e. The summed E-state index contributed by atoms with van der Waals surface area (Å²) in [7, 11) is 0. The molecule has 1 atom stereocenters. The second-order valence-electron chi connectivity index (χ2n) is 8.34. The third-order valence-electron chi connectivity index (χ3n) is 5.96. The van der Waals surface area contributed by atoms with Gasteiger partial charge in [0.05, 0.1) is 11.1 Å². The van der Waals surface area contributed by atoms with Gasteiger partial charge >= 0.3 is 6.18 Å². The molecule has 0 spiro atoms. The number of halogens is 3. The Kier molecular flexibility index (Phi) is 13.4. The molecule has 0 bridgehead atoms. The predicted molar refractivity (Wildman–Crippen MR) is 147 cm³/mol. The molecule has 2 aromatic rings. The van der Waals surface area contributed by atoms with Crippen molar-refractivity contribution < 1.29 is 23.1 Å². The van der Waals surface area contributed by atoms with Crippen molar-refractivity contribution in [1.82, 2.24) is 0 Å². The Labute approximate surface area is 219 Å². The smallest absolute Gasteiger partial charge is 0.416 e. The lowest BCUT2D eigenvalue weighted by Crippen LogP contribution is -2.21. The number of hydrogen-bond acceptors (Lipinski definition) is 3. The minimum absolute atomic E-state index is 0.0217. The number of carbonyl (C=O) groups excluding carboxylic acids is 1. The number of hydrogen-bond donors (Lipinski definition) is 1. The van der Waals surface area contributed by atoms with E-state index in [1.807, 2.05) is 34.6 Å². The fourth-order valence-corrected chi connectivity index (χ4v) is 5.38. The van der Waals surface area contributed by atoms with Crippen LogP contribution in [0.3, 0.4) is 0 Å². The largest absolute Gasteiger partial charge is 0.512 e. The number of aryl methyl sites for hydroxylation is 3. The van der Waals surface area contributed by atoms with Gasteiger partial charge in [-0.25, -0.2) is 0 Å². The van der Waals surface area contributed by atoms with Crippen molar-refractivity contribution in [3.05, 3.63) is 70.0 Å². The number of alkyl halides is 3. The molecule has 0 radical (unpaired) electrons. The SMILES string of the molecule is CC.CC.CCc1cc(C)cc(CC)c1C1=C(O)CC(CCSc2ccc(C(F)(F)F)cc2)CC1=O. The Morgan fingerprint density at radius 2 is 1.47 bits per heavy atom. The van der Waals surface area contributed by atoms with Gasteiger partial charge in [0.25, 0.3) is 0 Å². The molecule has 6 heteroatoms.